The second-order valence-electron chi connectivity index (χ2n) is 2.38. The van der Waals surface area contributed by atoms with Crippen LogP contribution in [0.3, 0.4) is 0 Å². The van der Waals surface area contributed by atoms with Gasteiger partial charge >= 0.3 is 32.7 Å². The minimum absolute atomic E-state index is 0. The van der Waals surface area contributed by atoms with Crippen LogP contribution in [0.15, 0.2) is 0 Å². The van der Waals surface area contributed by atoms with Gasteiger partial charge in [-0.15, -0.1) is 0 Å². The van der Waals surface area contributed by atoms with E-state index in [1.165, 1.54) is 0 Å². The molecule has 12 heavy (non-hydrogen) atoms. The fourth-order valence-corrected chi connectivity index (χ4v) is 0.607. The first-order valence-corrected chi connectivity index (χ1v) is 3.31. The summed E-state index contributed by atoms with van der Waals surface area (Å²) in [6.07, 6.45) is 4.48. The van der Waals surface area contributed by atoms with Crippen LogP contribution in [0.4, 0.5) is 0 Å². The van der Waals surface area contributed by atoms with Crippen LogP contribution in [0, 0.1) is 32.1 Å². The van der Waals surface area contributed by atoms with Crippen LogP contribution in [0.2, 0.25) is 0 Å². The maximum absolute atomic E-state index is 2.24. The Morgan fingerprint density at radius 3 is 1.08 bits per heavy atom. The third-order valence-corrected chi connectivity index (χ3v) is 1.88. The molecule has 0 nitrogen and oxygen atoms in total. The molecule has 0 aliphatic carbocycles. The van der Waals surface area contributed by atoms with Crippen molar-refractivity contribution in [3.8, 4) is 0 Å². The summed E-state index contributed by atoms with van der Waals surface area (Å²) < 4.78 is 0. The molecule has 2 atom stereocenters. The number of hydrogen-bond acceptors (Lipinski definition) is 0. The van der Waals surface area contributed by atoms with Crippen molar-refractivity contribution in [1.29, 1.82) is 0 Å². The first kappa shape index (κ1) is 29.5. The van der Waals surface area contributed by atoms with Gasteiger partial charge in [-0.1, -0.05) is 13.8 Å². The predicted molar refractivity (Wildman–Crippen MR) is 44.7 cm³/mol. The van der Waals surface area contributed by atoms with Crippen molar-refractivity contribution >= 4 is 0 Å². The smallest absolute Gasteiger partial charge is 0.358 e. The minimum atomic E-state index is 0. The van der Waals surface area contributed by atoms with Crippen molar-refractivity contribution < 1.29 is 98.1 Å². The van der Waals surface area contributed by atoms with Crippen molar-refractivity contribution in [3.63, 3.8) is 0 Å². The summed E-state index contributed by atoms with van der Waals surface area (Å²) in [7, 11) is 0. The second kappa shape index (κ2) is 19.8. The van der Waals surface area contributed by atoms with E-state index >= 15 is 0 Å². The van der Waals surface area contributed by atoms with Crippen LogP contribution in [0.1, 0.15) is 27.7 Å². The third kappa shape index (κ3) is 15.8. The van der Waals surface area contributed by atoms with E-state index in [-0.39, 0.29) is 106 Å². The molecular formula is C9H19Y3. The Morgan fingerprint density at radius 1 is 0.833 bits per heavy atom. The van der Waals surface area contributed by atoms with Crippen molar-refractivity contribution in [2.24, 2.45) is 11.8 Å². The van der Waals surface area contributed by atoms with Gasteiger partial charge in [0.1, 0.15) is 0 Å². The molecule has 0 aromatic carbocycles. The van der Waals surface area contributed by atoms with E-state index in [1.54, 1.807) is 0 Å². The van der Waals surface area contributed by atoms with Gasteiger partial charge in [0, 0.05) is 65.4 Å². The molecule has 2 radical (unpaired) electrons. The normalized spacial score (nSPS) is 12.0. The molecule has 0 fully saturated rings. The molecule has 0 rings (SSSR count). The van der Waals surface area contributed by atoms with Gasteiger partial charge in [-0.25, -0.2) is 0 Å². The SMILES string of the molecule is C[CH-][C@@H](C)[C@@H](C)[CH-]C.[CH3-].[Y+3].[Y].[Y]. The average Bonchev–Trinajstić information content (AvgIpc) is 1.84. The number of hydrogen-bond donors (Lipinski definition) is 0. The van der Waals surface area contributed by atoms with Crippen LogP contribution >= 0.6 is 0 Å². The monoisotopic (exact) mass is 394 g/mol. The van der Waals surface area contributed by atoms with Crippen LogP contribution in [-0.4, -0.2) is 0 Å². The van der Waals surface area contributed by atoms with Gasteiger partial charge in [0.05, 0.1) is 0 Å². The Hall–Kier alpha value is 3.31. The van der Waals surface area contributed by atoms with Crippen molar-refractivity contribution in [1.82, 2.24) is 0 Å². The summed E-state index contributed by atoms with van der Waals surface area (Å²) in [6, 6.07) is 0. The summed E-state index contributed by atoms with van der Waals surface area (Å²) in [5, 5.41) is 0. The molecule has 64 valence electrons. The zero-order valence-corrected chi connectivity index (χ0v) is 17.6. The Labute approximate surface area is 155 Å². The Kier molecular flexibility index (Phi) is 48.7. The first-order valence-electron chi connectivity index (χ1n) is 3.31. The molecular weight excluding hydrogens is 375 g/mol. The molecule has 0 aliphatic heterocycles. The Bertz CT molecular complexity index is 49.7. The fraction of sp³-hybridized carbons (Fsp3) is 0.667. The van der Waals surface area contributed by atoms with Crippen LogP contribution < -0.4 is 0 Å². The quantitative estimate of drug-likeness (QED) is 0.646. The van der Waals surface area contributed by atoms with E-state index in [1.807, 2.05) is 0 Å². The van der Waals surface area contributed by atoms with Crippen LogP contribution in [0.25, 0.3) is 0 Å². The molecule has 3 heteroatoms. The van der Waals surface area contributed by atoms with Crippen molar-refractivity contribution in [3.05, 3.63) is 20.3 Å². The summed E-state index contributed by atoms with van der Waals surface area (Å²) >= 11 is 0. The summed E-state index contributed by atoms with van der Waals surface area (Å²) in [5.41, 5.74) is 0. The van der Waals surface area contributed by atoms with Crippen LogP contribution in [0.5, 0.6) is 0 Å². The molecule has 0 amide bonds. The summed E-state index contributed by atoms with van der Waals surface area (Å²) in [4.78, 5) is 0. The second-order valence-corrected chi connectivity index (χ2v) is 2.38. The van der Waals surface area contributed by atoms with Gasteiger partial charge in [0.25, 0.3) is 0 Å². The Morgan fingerprint density at radius 2 is 1.00 bits per heavy atom. The summed E-state index contributed by atoms with van der Waals surface area (Å²) in [5.74, 6) is 1.47. The van der Waals surface area contributed by atoms with Gasteiger partial charge in [-0.3, -0.25) is 0 Å². The predicted octanol–water partition coefficient (Wildman–Crippen LogP) is 3.15. The van der Waals surface area contributed by atoms with Gasteiger partial charge < -0.3 is 20.3 Å². The molecule has 0 bridgehead atoms. The van der Waals surface area contributed by atoms with E-state index in [2.05, 4.69) is 40.5 Å². The van der Waals surface area contributed by atoms with E-state index in [0.29, 0.717) is 0 Å². The van der Waals surface area contributed by atoms with Crippen molar-refractivity contribution in [2.75, 3.05) is 0 Å². The zero-order valence-electron chi connectivity index (χ0n) is 9.04. The maximum atomic E-state index is 2.24. The molecule has 0 saturated heterocycles. The van der Waals surface area contributed by atoms with Crippen molar-refractivity contribution in [2.45, 2.75) is 27.7 Å². The topological polar surface area (TPSA) is 0 Å². The zero-order chi connectivity index (χ0) is 6.57. The largest absolute Gasteiger partial charge is 3.00 e. The third-order valence-electron chi connectivity index (χ3n) is 1.88. The molecule has 0 unspecified atom stereocenters. The minimum Gasteiger partial charge on any atom is -0.358 e. The molecule has 0 aromatic rings. The molecule has 0 N–H and O–H groups in total. The average molecular weight is 394 g/mol. The number of rotatable bonds is 3. The molecule has 0 spiro atoms. The van der Waals surface area contributed by atoms with E-state index in [4.69, 9.17) is 0 Å². The molecule has 0 heterocycles. The standard InChI is InChI=1S/C8H16.CH3.3Y/c1-5-7(3)8(4)6-2;;;;/h5-8H,1-4H3;1H3;;;/q-2;-1;;;+3/t7-,8+;;;;. The van der Waals surface area contributed by atoms with Gasteiger partial charge in [0.2, 0.25) is 0 Å². The summed E-state index contributed by atoms with van der Waals surface area (Å²) in [6.45, 7) is 8.71. The Balaban J connectivity index is -0.0000000408. The van der Waals surface area contributed by atoms with Gasteiger partial charge in [-0.05, 0) is 0 Å². The van der Waals surface area contributed by atoms with E-state index in [9.17, 15) is 0 Å². The van der Waals surface area contributed by atoms with E-state index < -0.39 is 0 Å². The molecule has 0 saturated carbocycles. The van der Waals surface area contributed by atoms with E-state index in [0.717, 1.165) is 11.8 Å². The molecule has 0 aromatic heterocycles. The van der Waals surface area contributed by atoms with Crippen LogP contribution in [-0.2, 0) is 98.1 Å². The fourth-order valence-electron chi connectivity index (χ4n) is 0.607. The van der Waals surface area contributed by atoms with Gasteiger partial charge in [0.15, 0.2) is 0 Å². The molecule has 0 aliphatic rings. The maximum Gasteiger partial charge on any atom is 3.00 e. The first-order chi connectivity index (χ1) is 3.72. The van der Waals surface area contributed by atoms with Gasteiger partial charge in [-0.2, -0.15) is 25.7 Å².